The Balaban J connectivity index is 1.78. The maximum atomic E-state index is 12.3. The highest BCUT2D eigenvalue weighted by molar-refractivity contribution is 7.17. The first kappa shape index (κ1) is 18.5. The Morgan fingerprint density at radius 1 is 1.42 bits per heavy atom. The average molecular weight is 372 g/mol. The zero-order valence-electron chi connectivity index (χ0n) is 15.1. The molecule has 0 saturated carbocycles. The zero-order valence-corrected chi connectivity index (χ0v) is 15.9. The standard InChI is InChI=1S/C20H24N2O3S/c1-3-4-13-6-9-15-16(11-13)26-20(18(15)19(21)24)22-17(23)10-8-14-7-5-12(2)25-14/h5,7-8,10,13H,3-4,6,9,11H2,1-2H3,(H2,21,24)(H,22,23). The minimum absolute atomic E-state index is 0.301. The van der Waals surface area contributed by atoms with Crippen LogP contribution in [0.4, 0.5) is 5.00 Å². The topological polar surface area (TPSA) is 85.3 Å². The van der Waals surface area contributed by atoms with Crippen molar-refractivity contribution < 1.29 is 14.0 Å². The van der Waals surface area contributed by atoms with E-state index < -0.39 is 5.91 Å². The highest BCUT2D eigenvalue weighted by Crippen LogP contribution is 2.40. The fraction of sp³-hybridized carbons (Fsp3) is 0.400. The Hall–Kier alpha value is -2.34. The van der Waals surface area contributed by atoms with E-state index in [0.717, 1.165) is 37.0 Å². The molecule has 0 aliphatic heterocycles. The highest BCUT2D eigenvalue weighted by Gasteiger charge is 2.28. The van der Waals surface area contributed by atoms with Gasteiger partial charge in [-0.05, 0) is 55.9 Å². The van der Waals surface area contributed by atoms with Crippen LogP contribution in [0.5, 0.6) is 0 Å². The van der Waals surface area contributed by atoms with Crippen LogP contribution in [0.15, 0.2) is 22.6 Å². The molecule has 3 rings (SSSR count). The molecular weight excluding hydrogens is 348 g/mol. The fourth-order valence-electron chi connectivity index (χ4n) is 3.51. The van der Waals surface area contributed by atoms with Gasteiger partial charge in [0.15, 0.2) is 0 Å². The number of rotatable bonds is 6. The summed E-state index contributed by atoms with van der Waals surface area (Å²) >= 11 is 1.48. The largest absolute Gasteiger partial charge is 0.462 e. The van der Waals surface area contributed by atoms with Crippen LogP contribution < -0.4 is 11.1 Å². The molecule has 1 aliphatic carbocycles. The Bertz CT molecular complexity index is 847. The number of thiophene rings is 1. The van der Waals surface area contributed by atoms with Gasteiger partial charge in [-0.1, -0.05) is 19.8 Å². The molecule has 1 unspecified atom stereocenters. The zero-order chi connectivity index (χ0) is 18.7. The van der Waals surface area contributed by atoms with E-state index in [1.54, 1.807) is 12.1 Å². The number of fused-ring (bicyclic) bond motifs is 1. The van der Waals surface area contributed by atoms with Crippen molar-refractivity contribution in [3.05, 3.63) is 45.7 Å². The van der Waals surface area contributed by atoms with Gasteiger partial charge in [-0.15, -0.1) is 11.3 Å². The molecule has 2 amide bonds. The summed E-state index contributed by atoms with van der Waals surface area (Å²) in [5, 5.41) is 3.38. The number of nitrogens with two attached hydrogens (primary N) is 1. The Labute approximate surface area is 157 Å². The summed E-state index contributed by atoms with van der Waals surface area (Å²) in [6.45, 7) is 4.04. The second-order valence-corrected chi connectivity index (χ2v) is 7.85. The van der Waals surface area contributed by atoms with E-state index in [1.165, 1.54) is 28.7 Å². The van der Waals surface area contributed by atoms with Crippen molar-refractivity contribution in [2.45, 2.75) is 46.0 Å². The lowest BCUT2D eigenvalue weighted by Gasteiger charge is -2.21. The molecule has 26 heavy (non-hydrogen) atoms. The predicted octanol–water partition coefficient (Wildman–Crippen LogP) is 4.31. The third kappa shape index (κ3) is 4.07. The minimum atomic E-state index is -0.475. The van der Waals surface area contributed by atoms with Gasteiger partial charge in [-0.3, -0.25) is 9.59 Å². The van der Waals surface area contributed by atoms with Gasteiger partial charge >= 0.3 is 0 Å². The quantitative estimate of drug-likeness (QED) is 0.741. The maximum Gasteiger partial charge on any atom is 0.251 e. The number of nitrogens with one attached hydrogen (secondary N) is 1. The van der Waals surface area contributed by atoms with Crippen LogP contribution in [-0.2, 0) is 17.6 Å². The molecule has 5 nitrogen and oxygen atoms in total. The summed E-state index contributed by atoms with van der Waals surface area (Å²) in [4.78, 5) is 25.4. The molecule has 2 heterocycles. The molecule has 1 aliphatic rings. The molecule has 138 valence electrons. The van der Waals surface area contributed by atoms with Crippen molar-refractivity contribution in [3.63, 3.8) is 0 Å². The van der Waals surface area contributed by atoms with Gasteiger partial charge in [0.1, 0.15) is 16.5 Å². The summed E-state index contributed by atoms with van der Waals surface area (Å²) in [5.41, 5.74) is 7.11. The number of amides is 2. The Morgan fingerprint density at radius 2 is 2.23 bits per heavy atom. The van der Waals surface area contributed by atoms with Crippen LogP contribution in [0.3, 0.4) is 0 Å². The number of carbonyl (C=O) groups excluding carboxylic acids is 2. The van der Waals surface area contributed by atoms with Gasteiger partial charge in [-0.2, -0.15) is 0 Å². The molecule has 0 spiro atoms. The van der Waals surface area contributed by atoms with Crippen molar-refractivity contribution >= 4 is 34.2 Å². The van der Waals surface area contributed by atoms with Crippen LogP contribution in [0.2, 0.25) is 0 Å². The van der Waals surface area contributed by atoms with E-state index in [0.29, 0.717) is 22.2 Å². The van der Waals surface area contributed by atoms with Crippen LogP contribution in [0, 0.1) is 12.8 Å². The molecule has 0 radical (unpaired) electrons. The first-order valence-electron chi connectivity index (χ1n) is 8.97. The van der Waals surface area contributed by atoms with Crippen molar-refractivity contribution in [2.75, 3.05) is 5.32 Å². The molecule has 6 heteroatoms. The first-order valence-corrected chi connectivity index (χ1v) is 9.79. The van der Waals surface area contributed by atoms with E-state index in [-0.39, 0.29) is 5.91 Å². The van der Waals surface area contributed by atoms with Crippen LogP contribution in [0.25, 0.3) is 6.08 Å². The lowest BCUT2D eigenvalue weighted by molar-refractivity contribution is -0.111. The summed E-state index contributed by atoms with van der Waals surface area (Å²) < 4.78 is 5.41. The van der Waals surface area contributed by atoms with Crippen molar-refractivity contribution in [1.82, 2.24) is 0 Å². The first-order chi connectivity index (χ1) is 12.5. The fourth-order valence-corrected chi connectivity index (χ4v) is 4.88. The number of hydrogen-bond acceptors (Lipinski definition) is 4. The van der Waals surface area contributed by atoms with E-state index in [4.69, 9.17) is 10.2 Å². The normalized spacial score (nSPS) is 16.6. The smallest absolute Gasteiger partial charge is 0.251 e. The maximum absolute atomic E-state index is 12.3. The summed E-state index contributed by atoms with van der Waals surface area (Å²) in [6.07, 6.45) is 8.25. The van der Waals surface area contributed by atoms with E-state index in [1.807, 2.05) is 13.0 Å². The molecule has 2 aromatic heterocycles. The number of carbonyl (C=O) groups is 2. The lowest BCUT2D eigenvalue weighted by atomic mass is 9.84. The lowest BCUT2D eigenvalue weighted by Crippen LogP contribution is -2.19. The van der Waals surface area contributed by atoms with E-state index in [9.17, 15) is 9.59 Å². The molecule has 0 fully saturated rings. The molecule has 3 N–H and O–H groups in total. The van der Waals surface area contributed by atoms with Crippen LogP contribution in [0.1, 0.15) is 58.5 Å². The molecule has 0 bridgehead atoms. The van der Waals surface area contributed by atoms with Gasteiger partial charge in [0.25, 0.3) is 5.91 Å². The molecule has 2 aromatic rings. The number of primary amides is 1. The SMILES string of the molecule is CCCC1CCc2c(sc(NC(=O)C=Cc3ccc(C)o3)c2C(N)=O)C1. The van der Waals surface area contributed by atoms with Gasteiger partial charge in [0.2, 0.25) is 5.91 Å². The van der Waals surface area contributed by atoms with Gasteiger partial charge in [-0.25, -0.2) is 0 Å². The number of furan rings is 1. The third-order valence-corrected chi connectivity index (χ3v) is 5.88. The number of anilines is 1. The molecule has 1 atom stereocenters. The van der Waals surface area contributed by atoms with Crippen molar-refractivity contribution in [1.29, 1.82) is 0 Å². The number of aryl methyl sites for hydroxylation is 1. The van der Waals surface area contributed by atoms with Crippen LogP contribution in [-0.4, -0.2) is 11.8 Å². The second kappa shape index (κ2) is 7.91. The summed E-state index contributed by atoms with van der Waals surface area (Å²) in [7, 11) is 0. The second-order valence-electron chi connectivity index (χ2n) is 6.74. The Kier molecular flexibility index (Phi) is 5.61. The summed E-state index contributed by atoms with van der Waals surface area (Å²) in [5.74, 6) is 1.27. The van der Waals surface area contributed by atoms with Crippen molar-refractivity contribution in [2.24, 2.45) is 11.7 Å². The highest BCUT2D eigenvalue weighted by atomic mass is 32.1. The molecular formula is C20H24N2O3S. The predicted molar refractivity (Wildman–Crippen MR) is 104 cm³/mol. The summed E-state index contributed by atoms with van der Waals surface area (Å²) in [6, 6.07) is 3.63. The van der Waals surface area contributed by atoms with Crippen molar-refractivity contribution in [3.8, 4) is 0 Å². The van der Waals surface area contributed by atoms with Gasteiger partial charge in [0.05, 0.1) is 5.56 Å². The number of hydrogen-bond donors (Lipinski definition) is 2. The monoisotopic (exact) mass is 372 g/mol. The average Bonchev–Trinajstić information content (AvgIpc) is 3.15. The molecule has 0 saturated heterocycles. The van der Waals surface area contributed by atoms with Gasteiger partial charge in [0, 0.05) is 11.0 Å². The minimum Gasteiger partial charge on any atom is -0.462 e. The van der Waals surface area contributed by atoms with Crippen LogP contribution >= 0.6 is 11.3 Å². The van der Waals surface area contributed by atoms with E-state index in [2.05, 4.69) is 12.2 Å². The molecule has 0 aromatic carbocycles. The Morgan fingerprint density at radius 3 is 2.88 bits per heavy atom. The van der Waals surface area contributed by atoms with E-state index >= 15 is 0 Å². The third-order valence-electron chi connectivity index (χ3n) is 4.71. The van der Waals surface area contributed by atoms with Gasteiger partial charge < -0.3 is 15.5 Å².